The Kier molecular flexibility index (Phi) is 5.94. The van der Waals surface area contributed by atoms with Gasteiger partial charge in [0.15, 0.2) is 5.13 Å². The van der Waals surface area contributed by atoms with Crippen molar-refractivity contribution < 1.29 is 14.4 Å². The van der Waals surface area contributed by atoms with Gasteiger partial charge < -0.3 is 25.4 Å². The van der Waals surface area contributed by atoms with Gasteiger partial charge in [-0.05, 0) is 6.07 Å². The highest BCUT2D eigenvalue weighted by Gasteiger charge is 2.26. The predicted octanol–water partition coefficient (Wildman–Crippen LogP) is 2.12. The molecule has 0 unspecified atom stereocenters. The molecular weight excluding hydrogens is 404 g/mol. The number of urea groups is 1. The third-order valence-electron chi connectivity index (χ3n) is 4.98. The number of anilines is 1. The number of rotatable bonds is 5. The third-order valence-corrected chi connectivity index (χ3v) is 5.67. The van der Waals surface area contributed by atoms with Crippen LogP contribution in [0, 0.1) is 0 Å². The number of aromatic nitrogens is 2. The van der Waals surface area contributed by atoms with Crippen molar-refractivity contribution in [3.05, 3.63) is 47.6 Å². The fourth-order valence-corrected chi connectivity index (χ4v) is 3.94. The first-order valence-corrected chi connectivity index (χ1v) is 10.6. The maximum Gasteiger partial charge on any atom is 0.317 e. The van der Waals surface area contributed by atoms with E-state index in [9.17, 15) is 14.4 Å². The number of fused-ring (bicyclic) bond motifs is 1. The van der Waals surface area contributed by atoms with E-state index in [4.69, 9.17) is 0 Å². The second-order valence-electron chi connectivity index (χ2n) is 6.89. The minimum Gasteiger partial charge on any atom is -0.360 e. The highest BCUT2D eigenvalue weighted by atomic mass is 32.1. The summed E-state index contributed by atoms with van der Waals surface area (Å²) in [6.45, 7) is 2.08. The number of para-hydroxylation sites is 1. The second kappa shape index (κ2) is 8.95. The van der Waals surface area contributed by atoms with Gasteiger partial charge in [0.1, 0.15) is 0 Å². The van der Waals surface area contributed by atoms with Crippen LogP contribution in [0.1, 0.15) is 16.8 Å². The number of hydrogen-bond acceptors (Lipinski definition) is 5. The minimum atomic E-state index is -0.226. The van der Waals surface area contributed by atoms with Crippen LogP contribution in [0.25, 0.3) is 10.9 Å². The molecule has 3 N–H and O–H groups in total. The Morgan fingerprint density at radius 2 is 1.87 bits per heavy atom. The van der Waals surface area contributed by atoms with Gasteiger partial charge >= 0.3 is 6.03 Å². The molecular formula is C20H22N6O3S. The van der Waals surface area contributed by atoms with E-state index in [1.54, 1.807) is 27.6 Å². The number of amides is 4. The van der Waals surface area contributed by atoms with Crippen molar-refractivity contribution in [1.82, 2.24) is 25.1 Å². The van der Waals surface area contributed by atoms with Crippen LogP contribution in [0.2, 0.25) is 0 Å². The first-order chi connectivity index (χ1) is 14.6. The van der Waals surface area contributed by atoms with Gasteiger partial charge in [-0.2, -0.15) is 0 Å². The molecule has 1 aliphatic heterocycles. The van der Waals surface area contributed by atoms with Gasteiger partial charge in [-0.25, -0.2) is 9.78 Å². The SMILES string of the molecule is O=C(CCNC(=O)N1CCN(C(=O)c2c[nH]c3ccccc23)CC1)Nc1nccs1. The van der Waals surface area contributed by atoms with Crippen molar-refractivity contribution in [3.63, 3.8) is 0 Å². The van der Waals surface area contributed by atoms with Crippen LogP contribution in [-0.4, -0.2) is 70.3 Å². The normalized spacial score (nSPS) is 14.0. The number of hydrogen-bond donors (Lipinski definition) is 3. The molecule has 0 radical (unpaired) electrons. The zero-order valence-electron chi connectivity index (χ0n) is 16.3. The molecule has 1 aromatic carbocycles. The van der Waals surface area contributed by atoms with E-state index >= 15 is 0 Å². The van der Waals surface area contributed by atoms with Gasteiger partial charge in [0.25, 0.3) is 5.91 Å². The summed E-state index contributed by atoms with van der Waals surface area (Å²) in [6, 6.07) is 7.47. The van der Waals surface area contributed by atoms with Crippen molar-refractivity contribution >= 4 is 45.2 Å². The highest BCUT2D eigenvalue weighted by molar-refractivity contribution is 7.13. The predicted molar refractivity (Wildman–Crippen MR) is 115 cm³/mol. The summed E-state index contributed by atoms with van der Waals surface area (Å²) in [7, 11) is 0. The number of aromatic amines is 1. The topological polar surface area (TPSA) is 110 Å². The largest absolute Gasteiger partial charge is 0.360 e. The summed E-state index contributed by atoms with van der Waals surface area (Å²) < 4.78 is 0. The Labute approximate surface area is 177 Å². The molecule has 2 aromatic heterocycles. The van der Waals surface area contributed by atoms with Gasteiger partial charge in [0.05, 0.1) is 5.56 Å². The number of H-pyrrole nitrogens is 1. The zero-order valence-corrected chi connectivity index (χ0v) is 17.1. The average molecular weight is 427 g/mol. The van der Waals surface area contributed by atoms with E-state index in [1.807, 2.05) is 24.3 Å². The Hall–Kier alpha value is -3.40. The molecule has 1 saturated heterocycles. The lowest BCUT2D eigenvalue weighted by Crippen LogP contribution is -2.53. The number of piperazine rings is 1. The molecule has 1 aliphatic rings. The van der Waals surface area contributed by atoms with Gasteiger partial charge in [-0.15, -0.1) is 11.3 Å². The van der Waals surface area contributed by atoms with Crippen molar-refractivity contribution in [1.29, 1.82) is 0 Å². The van der Waals surface area contributed by atoms with Gasteiger partial charge in [-0.1, -0.05) is 18.2 Å². The van der Waals surface area contributed by atoms with Crippen LogP contribution in [-0.2, 0) is 4.79 Å². The Bertz CT molecular complexity index is 1040. The maximum atomic E-state index is 12.9. The highest BCUT2D eigenvalue weighted by Crippen LogP contribution is 2.20. The Balaban J connectivity index is 1.22. The summed E-state index contributed by atoms with van der Waals surface area (Å²) in [6.07, 6.45) is 3.53. The molecule has 0 spiro atoms. The number of carbonyl (C=O) groups is 3. The summed E-state index contributed by atoms with van der Waals surface area (Å²) in [5.74, 6) is -0.231. The smallest absolute Gasteiger partial charge is 0.317 e. The lowest BCUT2D eigenvalue weighted by atomic mass is 10.1. The molecule has 10 heteroatoms. The summed E-state index contributed by atoms with van der Waals surface area (Å²) in [5.41, 5.74) is 1.58. The zero-order chi connectivity index (χ0) is 20.9. The first kappa shape index (κ1) is 19.9. The lowest BCUT2D eigenvalue weighted by Gasteiger charge is -2.34. The Morgan fingerprint density at radius 3 is 2.63 bits per heavy atom. The molecule has 1 fully saturated rings. The van der Waals surface area contributed by atoms with E-state index in [2.05, 4.69) is 20.6 Å². The first-order valence-electron chi connectivity index (χ1n) is 9.69. The third kappa shape index (κ3) is 4.43. The van der Waals surface area contributed by atoms with Crippen molar-refractivity contribution in [3.8, 4) is 0 Å². The summed E-state index contributed by atoms with van der Waals surface area (Å²) in [5, 5.41) is 8.66. The molecule has 0 bridgehead atoms. The minimum absolute atomic E-state index is 0.0358. The molecule has 3 aromatic rings. The van der Waals surface area contributed by atoms with Crippen LogP contribution < -0.4 is 10.6 Å². The summed E-state index contributed by atoms with van der Waals surface area (Å²) in [4.78, 5) is 47.6. The van der Waals surface area contributed by atoms with Gasteiger partial charge in [-0.3, -0.25) is 9.59 Å². The van der Waals surface area contributed by atoms with Crippen molar-refractivity contribution in [2.75, 3.05) is 38.0 Å². The second-order valence-corrected chi connectivity index (χ2v) is 7.79. The van der Waals surface area contributed by atoms with Crippen LogP contribution in [0.15, 0.2) is 42.0 Å². The maximum absolute atomic E-state index is 12.9. The number of nitrogens with one attached hydrogen (secondary N) is 3. The van der Waals surface area contributed by atoms with Crippen molar-refractivity contribution in [2.45, 2.75) is 6.42 Å². The average Bonchev–Trinajstić information content (AvgIpc) is 3.43. The molecule has 4 amide bonds. The Morgan fingerprint density at radius 1 is 1.10 bits per heavy atom. The van der Waals surface area contributed by atoms with Crippen LogP contribution in [0.4, 0.5) is 9.93 Å². The van der Waals surface area contributed by atoms with Crippen LogP contribution >= 0.6 is 11.3 Å². The number of nitrogens with zero attached hydrogens (tertiary/aromatic N) is 3. The number of thiazole rings is 1. The van der Waals surface area contributed by atoms with E-state index in [1.165, 1.54) is 11.3 Å². The van der Waals surface area contributed by atoms with E-state index in [0.29, 0.717) is 36.9 Å². The van der Waals surface area contributed by atoms with E-state index < -0.39 is 0 Å². The fourth-order valence-electron chi connectivity index (χ4n) is 3.39. The molecule has 156 valence electrons. The van der Waals surface area contributed by atoms with E-state index in [-0.39, 0.29) is 30.8 Å². The van der Waals surface area contributed by atoms with Crippen molar-refractivity contribution in [2.24, 2.45) is 0 Å². The molecule has 0 atom stereocenters. The molecule has 30 heavy (non-hydrogen) atoms. The monoisotopic (exact) mass is 426 g/mol. The molecule has 9 nitrogen and oxygen atoms in total. The molecule has 4 rings (SSSR count). The lowest BCUT2D eigenvalue weighted by molar-refractivity contribution is -0.116. The fraction of sp³-hybridized carbons (Fsp3) is 0.300. The van der Waals surface area contributed by atoms with Crippen LogP contribution in [0.5, 0.6) is 0 Å². The quantitative estimate of drug-likeness (QED) is 0.580. The summed E-state index contributed by atoms with van der Waals surface area (Å²) >= 11 is 1.34. The van der Waals surface area contributed by atoms with Gasteiger partial charge in [0, 0.05) is 67.8 Å². The van der Waals surface area contributed by atoms with E-state index in [0.717, 1.165) is 10.9 Å². The standard InChI is InChI=1S/C20H22N6O3S/c27-17(24-19-21-7-12-30-19)5-6-22-20(29)26-10-8-25(9-11-26)18(28)15-13-23-16-4-2-1-3-14(15)16/h1-4,7,12-13,23H,5-6,8-11H2,(H,22,29)(H,21,24,27). The van der Waals surface area contributed by atoms with Crippen LogP contribution in [0.3, 0.4) is 0 Å². The molecule has 0 aliphatic carbocycles. The van der Waals surface area contributed by atoms with Gasteiger partial charge in [0.2, 0.25) is 5.91 Å². The number of carbonyl (C=O) groups excluding carboxylic acids is 3. The molecule has 0 saturated carbocycles. The number of benzene rings is 1. The molecule has 3 heterocycles.